The van der Waals surface area contributed by atoms with E-state index in [2.05, 4.69) is 60.2 Å². The molecule has 1 aliphatic carbocycles. The summed E-state index contributed by atoms with van der Waals surface area (Å²) in [4.78, 5) is 11.5. The van der Waals surface area contributed by atoms with Crippen LogP contribution in [0, 0.1) is 12.8 Å². The molecule has 4 rings (SSSR count). The van der Waals surface area contributed by atoms with Gasteiger partial charge in [0.2, 0.25) is 18.2 Å². The lowest BCUT2D eigenvalue weighted by Crippen LogP contribution is -2.50. The second kappa shape index (κ2) is 9.60. The van der Waals surface area contributed by atoms with Gasteiger partial charge in [-0.05, 0) is 61.7 Å². The van der Waals surface area contributed by atoms with Gasteiger partial charge in [0, 0.05) is 24.1 Å². The smallest absolute Gasteiger partial charge is 0.229 e. The van der Waals surface area contributed by atoms with E-state index in [4.69, 9.17) is 14.7 Å². The lowest BCUT2D eigenvalue weighted by molar-refractivity contribution is 0.396. The molecule has 2 aliphatic rings. The molecular formula is C25H30N6O. The minimum Gasteiger partial charge on any atom is -0.497 e. The van der Waals surface area contributed by atoms with Gasteiger partial charge in [-0.15, -0.1) is 0 Å². The number of nitrogens with zero attached hydrogens (tertiary/aromatic N) is 3. The van der Waals surface area contributed by atoms with Crippen LogP contribution in [-0.4, -0.2) is 37.3 Å². The maximum absolute atomic E-state index is 5.26. The number of anilines is 2. The zero-order valence-corrected chi connectivity index (χ0v) is 19.0. The zero-order valence-electron chi connectivity index (χ0n) is 19.0. The third-order valence-electron chi connectivity index (χ3n) is 5.42. The van der Waals surface area contributed by atoms with Gasteiger partial charge < -0.3 is 25.6 Å². The summed E-state index contributed by atoms with van der Waals surface area (Å²) in [6.45, 7) is 4.28. The van der Waals surface area contributed by atoms with Crippen molar-refractivity contribution in [3.05, 3.63) is 78.0 Å². The molecule has 32 heavy (non-hydrogen) atoms. The van der Waals surface area contributed by atoms with Crippen LogP contribution in [0.1, 0.15) is 18.9 Å². The number of hydrogen-bond donors (Lipinski definition) is 3. The van der Waals surface area contributed by atoms with E-state index >= 15 is 0 Å². The Kier molecular flexibility index (Phi) is 6.44. The SMILES string of the molecule is COc1ccc(NC2N=C(Nc3ccc(C)cc3)N=C(NC3=CCC(C)C=C3)N2C)cc1. The van der Waals surface area contributed by atoms with Gasteiger partial charge in [0.1, 0.15) is 5.75 Å². The van der Waals surface area contributed by atoms with Gasteiger partial charge in [-0.2, -0.15) is 4.99 Å². The third-order valence-corrected chi connectivity index (χ3v) is 5.42. The van der Waals surface area contributed by atoms with Gasteiger partial charge in [-0.3, -0.25) is 0 Å². The summed E-state index contributed by atoms with van der Waals surface area (Å²) in [5.41, 5.74) is 4.12. The number of guanidine groups is 2. The number of rotatable bonds is 5. The van der Waals surface area contributed by atoms with Crippen LogP contribution in [0.3, 0.4) is 0 Å². The first-order chi connectivity index (χ1) is 15.5. The molecule has 0 amide bonds. The summed E-state index contributed by atoms with van der Waals surface area (Å²) in [5, 5.41) is 10.3. The topological polar surface area (TPSA) is 73.3 Å². The highest BCUT2D eigenvalue weighted by Gasteiger charge is 2.24. The normalized spacial score (nSPS) is 20.1. The number of nitrogens with one attached hydrogen (secondary N) is 3. The van der Waals surface area contributed by atoms with E-state index in [1.54, 1.807) is 7.11 Å². The molecule has 0 bridgehead atoms. The monoisotopic (exact) mass is 430 g/mol. The molecule has 0 spiro atoms. The molecule has 0 saturated heterocycles. The van der Waals surface area contributed by atoms with E-state index in [9.17, 15) is 0 Å². The molecule has 3 N–H and O–H groups in total. The minimum atomic E-state index is -0.344. The number of ether oxygens (including phenoxy) is 1. The largest absolute Gasteiger partial charge is 0.497 e. The van der Waals surface area contributed by atoms with Crippen LogP contribution in [0.2, 0.25) is 0 Å². The van der Waals surface area contributed by atoms with Gasteiger partial charge in [-0.1, -0.05) is 36.8 Å². The Balaban J connectivity index is 1.57. The van der Waals surface area contributed by atoms with E-state index in [1.165, 1.54) is 5.56 Å². The molecule has 7 nitrogen and oxygen atoms in total. The van der Waals surface area contributed by atoms with Crippen molar-refractivity contribution in [3.63, 3.8) is 0 Å². The summed E-state index contributed by atoms with van der Waals surface area (Å²) in [5.74, 6) is 2.61. The second-order valence-electron chi connectivity index (χ2n) is 8.09. The standard InChI is InChI=1S/C25H30N6O/c1-17-5-9-19(10-6-17)26-23-29-24(27-20-11-7-18(2)8-12-20)31(3)25(30-23)28-21-13-15-22(32-4)16-14-21/h5-7,9-16,18,25,28H,8H2,1-4H3,(H2,26,27,29,30). The highest BCUT2D eigenvalue weighted by atomic mass is 16.5. The van der Waals surface area contributed by atoms with Gasteiger partial charge >= 0.3 is 0 Å². The van der Waals surface area contributed by atoms with E-state index in [1.807, 2.05) is 48.3 Å². The van der Waals surface area contributed by atoms with Crippen LogP contribution in [-0.2, 0) is 0 Å². The molecular weight excluding hydrogens is 400 g/mol. The number of allylic oxidation sites excluding steroid dienone is 3. The van der Waals surface area contributed by atoms with Crippen molar-refractivity contribution in [3.8, 4) is 5.75 Å². The van der Waals surface area contributed by atoms with E-state index in [0.29, 0.717) is 17.8 Å². The van der Waals surface area contributed by atoms with Crippen molar-refractivity contribution in [2.75, 3.05) is 24.8 Å². The van der Waals surface area contributed by atoms with E-state index < -0.39 is 0 Å². The highest BCUT2D eigenvalue weighted by molar-refractivity contribution is 6.04. The average molecular weight is 431 g/mol. The van der Waals surface area contributed by atoms with Gasteiger partial charge in [0.15, 0.2) is 0 Å². The first-order valence-corrected chi connectivity index (χ1v) is 10.8. The summed E-state index contributed by atoms with van der Waals surface area (Å²) in [6.07, 6.45) is 7.18. The van der Waals surface area contributed by atoms with Crippen LogP contribution in [0.25, 0.3) is 0 Å². The molecule has 0 fully saturated rings. The minimum absolute atomic E-state index is 0.344. The van der Waals surface area contributed by atoms with Gasteiger partial charge in [0.05, 0.1) is 7.11 Å². The lowest BCUT2D eigenvalue weighted by Gasteiger charge is -2.33. The Morgan fingerprint density at radius 2 is 1.72 bits per heavy atom. The second-order valence-corrected chi connectivity index (χ2v) is 8.09. The Labute approximate surface area is 189 Å². The molecule has 2 aromatic rings. The predicted octanol–water partition coefficient (Wildman–Crippen LogP) is 4.54. The average Bonchev–Trinajstić information content (AvgIpc) is 2.80. The number of benzene rings is 2. The van der Waals surface area contributed by atoms with Gasteiger partial charge in [0.25, 0.3) is 0 Å². The maximum Gasteiger partial charge on any atom is 0.229 e. The fourth-order valence-electron chi connectivity index (χ4n) is 3.38. The molecule has 0 aromatic heterocycles. The molecule has 0 saturated carbocycles. The quantitative estimate of drug-likeness (QED) is 0.650. The van der Waals surface area contributed by atoms with Crippen LogP contribution in [0.5, 0.6) is 5.75 Å². The van der Waals surface area contributed by atoms with Crippen molar-refractivity contribution in [1.29, 1.82) is 0 Å². The van der Waals surface area contributed by atoms with Crippen LogP contribution < -0.4 is 20.7 Å². The van der Waals surface area contributed by atoms with Crippen molar-refractivity contribution >= 4 is 23.3 Å². The third kappa shape index (κ3) is 5.29. The fourth-order valence-corrected chi connectivity index (χ4v) is 3.38. The van der Waals surface area contributed by atoms with Crippen molar-refractivity contribution < 1.29 is 4.74 Å². The molecule has 2 unspecified atom stereocenters. The fraction of sp³-hybridized carbons (Fsp3) is 0.280. The molecule has 7 heteroatoms. The number of methoxy groups -OCH3 is 1. The Bertz CT molecular complexity index is 1050. The molecule has 2 atom stereocenters. The first kappa shape index (κ1) is 21.5. The Hall–Kier alpha value is -3.74. The highest BCUT2D eigenvalue weighted by Crippen LogP contribution is 2.20. The maximum atomic E-state index is 5.26. The van der Waals surface area contributed by atoms with Gasteiger partial charge in [-0.25, -0.2) is 4.99 Å². The molecule has 2 aromatic carbocycles. The number of aliphatic imine (C=N–C) groups is 2. The zero-order chi connectivity index (χ0) is 22.5. The summed E-state index contributed by atoms with van der Waals surface area (Å²) in [6, 6.07) is 16.0. The molecule has 1 heterocycles. The molecule has 166 valence electrons. The van der Waals surface area contributed by atoms with Crippen LogP contribution in [0.4, 0.5) is 11.4 Å². The number of aryl methyl sites for hydroxylation is 1. The van der Waals surface area contributed by atoms with Crippen molar-refractivity contribution in [2.24, 2.45) is 15.9 Å². The lowest BCUT2D eigenvalue weighted by atomic mass is 10.0. The van der Waals surface area contributed by atoms with E-state index in [-0.39, 0.29) is 6.29 Å². The first-order valence-electron chi connectivity index (χ1n) is 10.8. The van der Waals surface area contributed by atoms with Crippen LogP contribution >= 0.6 is 0 Å². The Morgan fingerprint density at radius 1 is 1.00 bits per heavy atom. The summed E-state index contributed by atoms with van der Waals surface area (Å²) < 4.78 is 5.26. The van der Waals surface area contributed by atoms with E-state index in [0.717, 1.165) is 29.2 Å². The predicted molar refractivity (Wildman–Crippen MR) is 132 cm³/mol. The molecule has 0 radical (unpaired) electrons. The van der Waals surface area contributed by atoms with Crippen LogP contribution in [0.15, 0.2) is 82.4 Å². The summed E-state index contributed by atoms with van der Waals surface area (Å²) >= 11 is 0. The Morgan fingerprint density at radius 3 is 2.38 bits per heavy atom. The molecule has 1 aliphatic heterocycles. The number of hydrogen-bond acceptors (Lipinski definition) is 7. The van der Waals surface area contributed by atoms with Crippen molar-refractivity contribution in [1.82, 2.24) is 10.2 Å². The summed E-state index contributed by atoms with van der Waals surface area (Å²) in [7, 11) is 3.63. The van der Waals surface area contributed by atoms with Crippen molar-refractivity contribution in [2.45, 2.75) is 26.6 Å².